The summed E-state index contributed by atoms with van der Waals surface area (Å²) in [5.74, 6) is -0.178. The maximum Gasteiger partial charge on any atom is 0.422 e. The lowest BCUT2D eigenvalue weighted by Crippen LogP contribution is -2.67. The van der Waals surface area contributed by atoms with Gasteiger partial charge in [0.25, 0.3) is 0 Å². The van der Waals surface area contributed by atoms with Crippen molar-refractivity contribution in [3.05, 3.63) is 77.4 Å². The van der Waals surface area contributed by atoms with Crippen LogP contribution < -0.4 is 14.2 Å². The number of rotatable bonds is 9. The highest BCUT2D eigenvalue weighted by atomic mass is 19.4. The Morgan fingerprint density at radius 2 is 1.53 bits per heavy atom. The van der Waals surface area contributed by atoms with Gasteiger partial charge in [-0.25, -0.2) is 4.79 Å². The number of halogens is 3. The van der Waals surface area contributed by atoms with Crippen LogP contribution in [-0.4, -0.2) is 122 Å². The summed E-state index contributed by atoms with van der Waals surface area (Å²) in [6, 6.07) is 20.3. The molecule has 0 N–H and O–H groups in total. The molecule has 2 saturated heterocycles. The second-order valence-electron chi connectivity index (χ2n) is 11.5. The molecular weight excluding hydrogens is 589 g/mol. The van der Waals surface area contributed by atoms with E-state index < -0.39 is 12.8 Å². The fraction of sp³-hybridized carbons (Fsp3) is 0.469. The summed E-state index contributed by atoms with van der Waals surface area (Å²) < 4.78 is 55.5. The Bertz CT molecular complexity index is 1390. The normalized spacial score (nSPS) is 19.2. The molecule has 242 valence electrons. The monoisotopic (exact) mass is 628 g/mol. The highest BCUT2D eigenvalue weighted by Crippen LogP contribution is 2.38. The molecule has 10 nitrogen and oxygen atoms in total. The van der Waals surface area contributed by atoms with Crippen LogP contribution in [0.15, 0.2) is 60.7 Å². The maximum absolute atomic E-state index is 13.2. The van der Waals surface area contributed by atoms with Gasteiger partial charge in [-0.1, -0.05) is 60.7 Å². The summed E-state index contributed by atoms with van der Waals surface area (Å²) in [6.45, 7) is 1.57. The van der Waals surface area contributed by atoms with E-state index in [0.717, 1.165) is 11.1 Å². The number of aromatic nitrogens is 2. The number of carbonyl (C=O) groups is 1. The SMILES string of the molecule is COc1nc(OC)c(CN2CC(C(c3ccccc3)c3ccccc3)N3CCN(C(=O)N(C)C)C[C@H]3C2)c(OCC(F)(F)F)n1. The zero-order valence-electron chi connectivity index (χ0n) is 25.9. The first kappa shape index (κ1) is 32.3. The Hall–Kier alpha value is -4.10. The van der Waals surface area contributed by atoms with Crippen LogP contribution in [0.5, 0.6) is 17.8 Å². The third-order valence-electron chi connectivity index (χ3n) is 8.26. The zero-order valence-corrected chi connectivity index (χ0v) is 25.9. The van der Waals surface area contributed by atoms with Gasteiger partial charge in [-0.3, -0.25) is 9.80 Å². The number of amides is 2. The summed E-state index contributed by atoms with van der Waals surface area (Å²) >= 11 is 0. The topological polar surface area (TPSA) is 83.5 Å². The third-order valence-corrected chi connectivity index (χ3v) is 8.26. The minimum Gasteiger partial charge on any atom is -0.481 e. The number of piperazine rings is 2. The van der Waals surface area contributed by atoms with E-state index in [2.05, 4.69) is 44.0 Å². The van der Waals surface area contributed by atoms with Crippen molar-refractivity contribution >= 4 is 6.03 Å². The van der Waals surface area contributed by atoms with Crippen LogP contribution in [0.1, 0.15) is 22.6 Å². The molecule has 3 heterocycles. The van der Waals surface area contributed by atoms with Gasteiger partial charge in [-0.05, 0) is 11.1 Å². The first-order valence-electron chi connectivity index (χ1n) is 14.8. The molecule has 0 aliphatic carbocycles. The van der Waals surface area contributed by atoms with Crippen LogP contribution in [0.4, 0.5) is 18.0 Å². The second-order valence-corrected chi connectivity index (χ2v) is 11.5. The second kappa shape index (κ2) is 13.9. The molecule has 1 aromatic heterocycles. The summed E-state index contributed by atoms with van der Waals surface area (Å²) in [5, 5.41) is 0. The van der Waals surface area contributed by atoms with E-state index in [-0.39, 0.29) is 48.3 Å². The smallest absolute Gasteiger partial charge is 0.422 e. The van der Waals surface area contributed by atoms with E-state index in [1.54, 1.807) is 19.0 Å². The van der Waals surface area contributed by atoms with Gasteiger partial charge < -0.3 is 24.0 Å². The molecule has 45 heavy (non-hydrogen) atoms. The van der Waals surface area contributed by atoms with Crippen LogP contribution in [0.25, 0.3) is 0 Å². The molecule has 3 aromatic rings. The van der Waals surface area contributed by atoms with Gasteiger partial charge in [-0.15, -0.1) is 0 Å². The standard InChI is InChI=1S/C32H39F3N6O4/c1-38(2)31(42)40-15-16-41-24(18-40)17-39(19-25-28(43-3)36-30(44-4)37-29(25)45-21-32(33,34)35)20-26(41)27(22-11-7-5-8-12-22)23-13-9-6-10-14-23/h5-14,24,26-27H,15-21H2,1-4H3/t24-,26?/m1/s1. The Morgan fingerprint density at radius 3 is 2.09 bits per heavy atom. The van der Waals surface area contributed by atoms with E-state index in [0.29, 0.717) is 38.3 Å². The minimum atomic E-state index is -4.57. The largest absolute Gasteiger partial charge is 0.481 e. The average molecular weight is 629 g/mol. The van der Waals surface area contributed by atoms with Crippen molar-refractivity contribution in [2.45, 2.75) is 30.7 Å². The highest BCUT2D eigenvalue weighted by molar-refractivity contribution is 5.74. The van der Waals surface area contributed by atoms with Crippen molar-refractivity contribution in [1.29, 1.82) is 0 Å². The lowest BCUT2D eigenvalue weighted by Gasteiger charge is -2.53. The van der Waals surface area contributed by atoms with Crippen molar-refractivity contribution in [2.75, 3.05) is 67.6 Å². The molecule has 0 spiro atoms. The highest BCUT2D eigenvalue weighted by Gasteiger charge is 2.43. The molecule has 2 amide bonds. The number of nitrogens with zero attached hydrogens (tertiary/aromatic N) is 6. The number of carbonyl (C=O) groups excluding carboxylic acids is 1. The molecule has 2 aromatic carbocycles. The van der Waals surface area contributed by atoms with Crippen molar-refractivity contribution in [3.63, 3.8) is 0 Å². The lowest BCUT2D eigenvalue weighted by molar-refractivity contribution is -0.154. The molecule has 2 aliphatic heterocycles. The number of benzene rings is 2. The summed E-state index contributed by atoms with van der Waals surface area (Å²) in [4.78, 5) is 29.5. The van der Waals surface area contributed by atoms with E-state index in [1.165, 1.54) is 14.2 Å². The quantitative estimate of drug-likeness (QED) is 0.350. The predicted octanol–water partition coefficient (Wildman–Crippen LogP) is 4.12. The fourth-order valence-electron chi connectivity index (χ4n) is 6.36. The molecular formula is C32H39F3N6O4. The molecule has 2 atom stereocenters. The first-order chi connectivity index (χ1) is 21.6. The van der Waals surface area contributed by atoms with Gasteiger partial charge in [0, 0.05) is 71.4 Å². The molecule has 0 radical (unpaired) electrons. The number of alkyl halides is 3. The van der Waals surface area contributed by atoms with Gasteiger partial charge in [0.2, 0.25) is 11.8 Å². The van der Waals surface area contributed by atoms with E-state index in [9.17, 15) is 18.0 Å². The first-order valence-corrected chi connectivity index (χ1v) is 14.8. The van der Waals surface area contributed by atoms with Gasteiger partial charge in [-0.2, -0.15) is 23.1 Å². The number of urea groups is 1. The van der Waals surface area contributed by atoms with Gasteiger partial charge in [0.15, 0.2) is 6.61 Å². The van der Waals surface area contributed by atoms with Crippen LogP contribution in [0, 0.1) is 0 Å². The van der Waals surface area contributed by atoms with Crippen LogP contribution in [-0.2, 0) is 6.54 Å². The third kappa shape index (κ3) is 7.59. The van der Waals surface area contributed by atoms with E-state index in [4.69, 9.17) is 14.2 Å². The maximum atomic E-state index is 13.2. The number of hydrogen-bond donors (Lipinski definition) is 0. The number of ether oxygens (including phenoxy) is 3. The average Bonchev–Trinajstić information content (AvgIpc) is 3.04. The van der Waals surface area contributed by atoms with Gasteiger partial charge in [0.05, 0.1) is 19.8 Å². The van der Waals surface area contributed by atoms with Crippen LogP contribution in [0.3, 0.4) is 0 Å². The fourth-order valence-corrected chi connectivity index (χ4v) is 6.36. The summed E-state index contributed by atoms with van der Waals surface area (Å²) in [7, 11) is 6.20. The van der Waals surface area contributed by atoms with E-state index >= 15 is 0 Å². The van der Waals surface area contributed by atoms with Crippen molar-refractivity contribution in [2.24, 2.45) is 0 Å². The van der Waals surface area contributed by atoms with Crippen LogP contribution in [0.2, 0.25) is 0 Å². The van der Waals surface area contributed by atoms with Gasteiger partial charge >= 0.3 is 18.2 Å². The van der Waals surface area contributed by atoms with Crippen molar-refractivity contribution in [1.82, 2.24) is 29.6 Å². The van der Waals surface area contributed by atoms with Crippen LogP contribution >= 0.6 is 0 Å². The molecule has 2 aliphatic rings. The molecule has 5 rings (SSSR count). The Labute approximate surface area is 261 Å². The number of fused-ring (bicyclic) bond motifs is 1. The summed E-state index contributed by atoms with van der Waals surface area (Å²) in [5.41, 5.74) is 2.60. The molecule has 2 fully saturated rings. The lowest BCUT2D eigenvalue weighted by atomic mass is 9.81. The Balaban J connectivity index is 1.54. The molecule has 13 heteroatoms. The molecule has 0 bridgehead atoms. The zero-order chi connectivity index (χ0) is 32.1. The Kier molecular flexibility index (Phi) is 9.98. The Morgan fingerprint density at radius 1 is 0.911 bits per heavy atom. The van der Waals surface area contributed by atoms with Crippen molar-refractivity contribution in [3.8, 4) is 17.8 Å². The minimum absolute atomic E-state index is 0.0104. The van der Waals surface area contributed by atoms with Gasteiger partial charge in [0.1, 0.15) is 0 Å². The molecule has 1 unspecified atom stereocenters. The summed E-state index contributed by atoms with van der Waals surface area (Å²) in [6.07, 6.45) is -4.57. The number of methoxy groups -OCH3 is 2. The molecule has 0 saturated carbocycles. The van der Waals surface area contributed by atoms with Crippen molar-refractivity contribution < 1.29 is 32.2 Å². The predicted molar refractivity (Wildman–Crippen MR) is 162 cm³/mol. The number of hydrogen-bond acceptors (Lipinski definition) is 8. The van der Waals surface area contributed by atoms with E-state index in [1.807, 2.05) is 41.3 Å².